The zero-order valence-electron chi connectivity index (χ0n) is 38.9. The van der Waals surface area contributed by atoms with Crippen LogP contribution in [0.25, 0.3) is 0 Å². The van der Waals surface area contributed by atoms with Gasteiger partial charge in [-0.05, 0) is 107 Å². The fourth-order valence-electron chi connectivity index (χ4n) is 10.3. The molecule has 3 N–H and O–H groups in total. The number of aromatic nitrogens is 4. The molecule has 3 aromatic heterocycles. The highest BCUT2D eigenvalue weighted by atomic mass is 35.5. The van der Waals surface area contributed by atoms with Gasteiger partial charge < -0.3 is 20.9 Å². The van der Waals surface area contributed by atoms with Gasteiger partial charge in [-0.25, -0.2) is 28.7 Å². The predicted octanol–water partition coefficient (Wildman–Crippen LogP) is 10.3. The number of anilines is 5. The van der Waals surface area contributed by atoms with Gasteiger partial charge >= 0.3 is 0 Å². The maximum absolute atomic E-state index is 14.2. The molecule has 5 aromatic rings. The number of nitrogens with zero attached hydrogens (tertiary/aromatic N) is 10. The van der Waals surface area contributed by atoms with E-state index in [0.717, 1.165) is 127 Å². The number of benzene rings is 2. The van der Waals surface area contributed by atoms with Crippen molar-refractivity contribution in [2.24, 2.45) is 0 Å². The van der Waals surface area contributed by atoms with Gasteiger partial charge in [-0.2, -0.15) is 0 Å². The van der Waals surface area contributed by atoms with Gasteiger partial charge in [0.1, 0.15) is 23.3 Å². The molecule has 0 saturated carbocycles. The minimum atomic E-state index is -0.221. The first-order valence-corrected chi connectivity index (χ1v) is 25.4. The Morgan fingerprint density at radius 3 is 1.51 bits per heavy atom. The number of pyridine rings is 2. The first-order valence-electron chi connectivity index (χ1n) is 23.9. The van der Waals surface area contributed by atoms with E-state index in [1.165, 1.54) is 12.1 Å². The highest BCUT2D eigenvalue weighted by molar-refractivity contribution is 6.33. The molecular weight excluding hydrogens is 948 g/mol. The average Bonchev–Trinajstić information content (AvgIpc) is 3.34. The van der Waals surface area contributed by atoms with Crippen LogP contribution in [0.15, 0.2) is 79.4 Å². The Labute approximate surface area is 419 Å². The smallest absolute Gasteiger partial charge is 0.227 e. The van der Waals surface area contributed by atoms with Crippen LogP contribution in [0.2, 0.25) is 20.1 Å². The normalized spacial score (nSPS) is 20.6. The summed E-state index contributed by atoms with van der Waals surface area (Å²) < 4.78 is 28.4. The molecule has 68 heavy (non-hydrogen) atoms. The zero-order valence-corrected chi connectivity index (χ0v) is 41.9. The van der Waals surface area contributed by atoms with Gasteiger partial charge in [0.2, 0.25) is 5.95 Å². The van der Waals surface area contributed by atoms with E-state index in [-0.39, 0.29) is 11.6 Å². The van der Waals surface area contributed by atoms with Crippen LogP contribution in [0, 0.1) is 11.6 Å². The lowest BCUT2D eigenvalue weighted by atomic mass is 9.97. The molecule has 364 valence electrons. The molecule has 2 atom stereocenters. The number of piperidine rings is 2. The van der Waals surface area contributed by atoms with Crippen LogP contribution in [-0.2, 0) is 13.1 Å². The maximum Gasteiger partial charge on any atom is 0.227 e. The number of likely N-dealkylation sites (tertiary alicyclic amines) is 2. The molecule has 12 nitrogen and oxygen atoms in total. The van der Waals surface area contributed by atoms with E-state index in [9.17, 15) is 8.78 Å². The molecule has 2 aromatic carbocycles. The van der Waals surface area contributed by atoms with Crippen molar-refractivity contribution in [3.8, 4) is 0 Å². The lowest BCUT2D eigenvalue weighted by Crippen LogP contribution is -2.58. The number of rotatable bonds is 12. The Bertz CT molecular complexity index is 2420. The highest BCUT2D eigenvalue weighted by Crippen LogP contribution is 2.33. The Morgan fingerprint density at radius 2 is 1.07 bits per heavy atom. The molecule has 0 aliphatic carbocycles. The third-order valence-electron chi connectivity index (χ3n) is 14.0. The Balaban J connectivity index is 0.000000187. The fraction of sp³-hybridized carbons (Fsp3) is 0.480. The van der Waals surface area contributed by atoms with Crippen molar-refractivity contribution in [2.45, 2.75) is 89.6 Å². The van der Waals surface area contributed by atoms with Crippen molar-refractivity contribution < 1.29 is 8.78 Å². The van der Waals surface area contributed by atoms with Gasteiger partial charge in [-0.1, -0.05) is 72.4 Å². The maximum atomic E-state index is 14.2. The number of piperazine rings is 2. The largest absolute Gasteiger partial charge is 0.397 e. The van der Waals surface area contributed by atoms with Gasteiger partial charge in [0.15, 0.2) is 0 Å². The monoisotopic (exact) mass is 1010 g/mol. The van der Waals surface area contributed by atoms with E-state index in [1.54, 1.807) is 61.2 Å². The second-order valence-corrected chi connectivity index (χ2v) is 20.0. The third-order valence-corrected chi connectivity index (χ3v) is 15.0. The average molecular weight is 1010 g/mol. The van der Waals surface area contributed by atoms with Crippen molar-refractivity contribution in [1.82, 2.24) is 39.5 Å². The van der Waals surface area contributed by atoms with Crippen LogP contribution in [0.5, 0.6) is 0 Å². The van der Waals surface area contributed by atoms with Crippen LogP contribution in [0.4, 0.5) is 37.7 Å². The topological polar surface area (TPSA) is 109 Å². The molecule has 7 heterocycles. The van der Waals surface area contributed by atoms with E-state index in [0.29, 0.717) is 74.5 Å². The van der Waals surface area contributed by atoms with Crippen molar-refractivity contribution in [3.63, 3.8) is 0 Å². The lowest BCUT2D eigenvalue weighted by Gasteiger charge is -2.47. The number of halogens is 6. The van der Waals surface area contributed by atoms with Crippen molar-refractivity contribution in [2.75, 3.05) is 86.3 Å². The summed E-state index contributed by atoms with van der Waals surface area (Å²) in [5, 5.41) is 5.26. The van der Waals surface area contributed by atoms with Crippen LogP contribution >= 0.6 is 46.4 Å². The molecule has 4 saturated heterocycles. The van der Waals surface area contributed by atoms with Gasteiger partial charge in [0.05, 0.1) is 33.8 Å². The summed E-state index contributed by atoms with van der Waals surface area (Å²) >= 11 is 24.9. The van der Waals surface area contributed by atoms with Crippen LogP contribution < -0.4 is 20.9 Å². The first-order chi connectivity index (χ1) is 32.9. The van der Waals surface area contributed by atoms with Crippen LogP contribution in [0.3, 0.4) is 0 Å². The van der Waals surface area contributed by atoms with Crippen LogP contribution in [-0.4, -0.2) is 129 Å². The Hall–Kier alpha value is -4.12. The van der Waals surface area contributed by atoms with Gasteiger partial charge in [0.25, 0.3) is 0 Å². The summed E-state index contributed by atoms with van der Waals surface area (Å²) in [5.41, 5.74) is 8.58. The molecular formula is C50H62Cl4F2N12. The molecule has 0 radical (unpaired) electrons. The standard InChI is InChI=1S/C27H32Cl2FN7.C23H30Cl2FN5/c1-2-22-18-36(26-24(29)15-21(16-33-26)34-27-31-8-3-9-32-27)12-13-37(22)23-6-10-35(11-7-23)17-19-4-5-20(28)14-25(19)30;1-2-19-15-30(23-21(25)12-18(27)13-28-23)9-10-31(19)20-5-7-29(8-6-20)14-16-3-4-17(24)11-22(16)26/h3-5,8-9,14-16,22-23H,2,6-7,10-13,17-18H2,1H3,(H,31,32,34);3-4,11-13,19-20H,2,5-10,14-15,27H2,1H3/t22-;19-/m00/s1. The second kappa shape index (κ2) is 23.7. The summed E-state index contributed by atoms with van der Waals surface area (Å²) in [4.78, 5) is 32.1. The second-order valence-electron chi connectivity index (χ2n) is 18.3. The molecule has 0 bridgehead atoms. The molecule has 18 heteroatoms. The molecule has 9 rings (SSSR count). The molecule has 0 amide bonds. The lowest BCUT2D eigenvalue weighted by molar-refractivity contribution is 0.0607. The van der Waals surface area contributed by atoms with E-state index < -0.39 is 0 Å². The SMILES string of the molecule is CC[C@H]1CN(c2ncc(N)cc2Cl)CCN1C1CCN(Cc2ccc(Cl)cc2F)CC1.CC[C@H]1CN(c2ncc(Nc3ncccn3)cc2Cl)CCN1C1CCN(Cc2ccc(Cl)cc2F)CC1. The predicted molar refractivity (Wildman–Crippen MR) is 274 cm³/mol. The quantitative estimate of drug-likeness (QED) is 0.124. The molecule has 4 aliphatic heterocycles. The Morgan fingerprint density at radius 1 is 0.603 bits per heavy atom. The number of hydrogen-bond acceptors (Lipinski definition) is 12. The van der Waals surface area contributed by atoms with E-state index in [2.05, 4.69) is 68.5 Å². The van der Waals surface area contributed by atoms with Gasteiger partial charge in [-0.3, -0.25) is 19.6 Å². The summed E-state index contributed by atoms with van der Waals surface area (Å²) in [7, 11) is 0. The molecule has 0 spiro atoms. The summed E-state index contributed by atoms with van der Waals surface area (Å²) in [6, 6.07) is 17.4. The number of nitrogens with one attached hydrogen (secondary N) is 1. The van der Waals surface area contributed by atoms with Gasteiger partial charge in [-0.15, -0.1) is 0 Å². The zero-order chi connectivity index (χ0) is 47.7. The minimum absolute atomic E-state index is 0.216. The Kier molecular flexibility index (Phi) is 17.5. The summed E-state index contributed by atoms with van der Waals surface area (Å²) in [5.74, 6) is 1.72. The molecule has 0 unspecified atom stereocenters. The highest BCUT2D eigenvalue weighted by Gasteiger charge is 2.36. The minimum Gasteiger partial charge on any atom is -0.397 e. The molecule has 4 fully saturated rings. The van der Waals surface area contributed by atoms with Crippen molar-refractivity contribution in [1.29, 1.82) is 0 Å². The van der Waals surface area contributed by atoms with E-state index in [1.807, 2.05) is 6.07 Å². The van der Waals surface area contributed by atoms with E-state index >= 15 is 0 Å². The van der Waals surface area contributed by atoms with Gasteiger partial charge in [0, 0.05) is 110 Å². The summed E-state index contributed by atoms with van der Waals surface area (Å²) in [6.45, 7) is 15.3. The first kappa shape index (κ1) is 50.3. The van der Waals surface area contributed by atoms with Crippen molar-refractivity contribution >= 4 is 75.4 Å². The third kappa shape index (κ3) is 12.8. The van der Waals surface area contributed by atoms with Crippen LogP contribution in [0.1, 0.15) is 63.5 Å². The fourth-order valence-corrected chi connectivity index (χ4v) is 11.2. The molecule has 4 aliphatic rings. The van der Waals surface area contributed by atoms with E-state index in [4.69, 9.17) is 52.1 Å². The van der Waals surface area contributed by atoms with Crippen molar-refractivity contribution in [3.05, 3.63) is 122 Å². The number of nitrogen functional groups attached to an aromatic ring is 1. The number of nitrogens with two attached hydrogens (primary N) is 1. The summed E-state index contributed by atoms with van der Waals surface area (Å²) in [6.07, 6.45) is 13.4. The number of hydrogen-bond donors (Lipinski definition) is 2.